The molecular formula is C13H17F2NO2. The van der Waals surface area contributed by atoms with E-state index in [1.165, 1.54) is 0 Å². The predicted octanol–water partition coefficient (Wildman–Crippen LogP) is 1.77. The summed E-state index contributed by atoms with van der Waals surface area (Å²) in [6.45, 7) is 0.985. The summed E-state index contributed by atoms with van der Waals surface area (Å²) in [7, 11) is 0. The molecule has 2 N–H and O–H groups in total. The molecule has 18 heavy (non-hydrogen) atoms. The first-order chi connectivity index (χ1) is 8.70. The predicted molar refractivity (Wildman–Crippen MR) is 63.2 cm³/mol. The molecule has 2 rings (SSSR count). The Kier molecular flexibility index (Phi) is 4.63. The van der Waals surface area contributed by atoms with Gasteiger partial charge in [0.25, 0.3) is 0 Å². The summed E-state index contributed by atoms with van der Waals surface area (Å²) >= 11 is 0. The number of aliphatic hydroxyl groups is 1. The van der Waals surface area contributed by atoms with E-state index in [9.17, 15) is 13.9 Å². The number of hydrogen-bond donors (Lipinski definition) is 2. The lowest BCUT2D eigenvalue weighted by Crippen LogP contribution is -2.32. The van der Waals surface area contributed by atoms with Crippen LogP contribution in [0.5, 0.6) is 0 Å². The second kappa shape index (κ2) is 6.22. The number of nitrogens with one attached hydrogen (secondary N) is 1. The molecule has 0 spiro atoms. The molecule has 3 nitrogen and oxygen atoms in total. The Bertz CT molecular complexity index is 395. The molecule has 1 fully saturated rings. The fourth-order valence-corrected chi connectivity index (χ4v) is 2.13. The Morgan fingerprint density at radius 1 is 1.44 bits per heavy atom. The standard InChI is InChI=1S/C13H17F2NO2/c14-9-3-4-12(15)11(6-9)13(8-17)16-7-10-2-1-5-18-10/h3-4,6,10,13,16-17H,1-2,5,7-8H2. The van der Waals surface area contributed by atoms with Crippen molar-refractivity contribution in [3.05, 3.63) is 35.4 Å². The summed E-state index contributed by atoms with van der Waals surface area (Å²) < 4.78 is 32.1. The third-order valence-electron chi connectivity index (χ3n) is 3.13. The zero-order chi connectivity index (χ0) is 13.0. The van der Waals surface area contributed by atoms with E-state index in [1.54, 1.807) is 0 Å². The van der Waals surface area contributed by atoms with Gasteiger partial charge in [-0.2, -0.15) is 0 Å². The average Bonchev–Trinajstić information content (AvgIpc) is 2.87. The van der Waals surface area contributed by atoms with Gasteiger partial charge < -0.3 is 15.2 Å². The molecule has 1 aromatic rings. The van der Waals surface area contributed by atoms with Crippen LogP contribution in [0.4, 0.5) is 8.78 Å². The summed E-state index contributed by atoms with van der Waals surface area (Å²) in [4.78, 5) is 0. The van der Waals surface area contributed by atoms with E-state index in [0.29, 0.717) is 6.54 Å². The molecule has 0 aliphatic carbocycles. The van der Waals surface area contributed by atoms with Crippen molar-refractivity contribution in [1.29, 1.82) is 0 Å². The van der Waals surface area contributed by atoms with E-state index in [0.717, 1.165) is 37.6 Å². The lowest BCUT2D eigenvalue weighted by molar-refractivity contribution is 0.103. The van der Waals surface area contributed by atoms with Gasteiger partial charge in [-0.25, -0.2) is 8.78 Å². The molecule has 2 unspecified atom stereocenters. The topological polar surface area (TPSA) is 41.5 Å². The van der Waals surface area contributed by atoms with Gasteiger partial charge in [0.05, 0.1) is 18.8 Å². The van der Waals surface area contributed by atoms with E-state index in [2.05, 4.69) is 5.32 Å². The number of rotatable bonds is 5. The molecule has 5 heteroatoms. The maximum absolute atomic E-state index is 13.6. The van der Waals surface area contributed by atoms with Gasteiger partial charge in [-0.1, -0.05) is 0 Å². The Balaban J connectivity index is 2.00. The summed E-state index contributed by atoms with van der Waals surface area (Å²) in [6, 6.07) is 2.64. The van der Waals surface area contributed by atoms with Gasteiger partial charge in [0.15, 0.2) is 0 Å². The van der Waals surface area contributed by atoms with Gasteiger partial charge in [0.2, 0.25) is 0 Å². The van der Waals surface area contributed by atoms with E-state index in [1.807, 2.05) is 0 Å². The maximum atomic E-state index is 13.6. The minimum atomic E-state index is -0.607. The monoisotopic (exact) mass is 257 g/mol. The van der Waals surface area contributed by atoms with E-state index in [-0.39, 0.29) is 18.3 Å². The summed E-state index contributed by atoms with van der Waals surface area (Å²) in [5.41, 5.74) is 0.149. The molecule has 2 atom stereocenters. The summed E-state index contributed by atoms with van der Waals surface area (Å²) in [5, 5.41) is 12.3. The largest absolute Gasteiger partial charge is 0.394 e. The molecule has 100 valence electrons. The molecule has 0 bridgehead atoms. The Morgan fingerprint density at radius 2 is 2.28 bits per heavy atom. The van der Waals surface area contributed by atoms with Crippen molar-refractivity contribution in [2.45, 2.75) is 25.0 Å². The summed E-state index contributed by atoms with van der Waals surface area (Å²) in [6.07, 6.45) is 2.07. The average molecular weight is 257 g/mol. The third-order valence-corrected chi connectivity index (χ3v) is 3.13. The molecule has 1 aliphatic rings. The van der Waals surface area contributed by atoms with Gasteiger partial charge >= 0.3 is 0 Å². The van der Waals surface area contributed by atoms with Crippen LogP contribution in [0.25, 0.3) is 0 Å². The first-order valence-electron chi connectivity index (χ1n) is 6.11. The number of aliphatic hydroxyl groups excluding tert-OH is 1. The van der Waals surface area contributed by atoms with E-state index in [4.69, 9.17) is 4.74 Å². The first kappa shape index (κ1) is 13.4. The Hall–Kier alpha value is -1.04. The molecule has 0 saturated carbocycles. The zero-order valence-corrected chi connectivity index (χ0v) is 10.0. The number of benzene rings is 1. The lowest BCUT2D eigenvalue weighted by Gasteiger charge is -2.19. The molecule has 1 saturated heterocycles. The number of ether oxygens (including phenoxy) is 1. The van der Waals surface area contributed by atoms with Crippen LogP contribution in [-0.2, 0) is 4.74 Å². The number of hydrogen-bond acceptors (Lipinski definition) is 3. The van der Waals surface area contributed by atoms with Gasteiger partial charge in [0, 0.05) is 18.7 Å². The van der Waals surface area contributed by atoms with Crippen LogP contribution in [0.1, 0.15) is 24.4 Å². The molecule has 0 amide bonds. The van der Waals surface area contributed by atoms with Crippen LogP contribution >= 0.6 is 0 Å². The second-order valence-electron chi connectivity index (χ2n) is 4.44. The van der Waals surface area contributed by atoms with Crippen LogP contribution < -0.4 is 5.32 Å². The van der Waals surface area contributed by atoms with E-state index >= 15 is 0 Å². The molecule has 1 aromatic carbocycles. The number of halogens is 2. The van der Waals surface area contributed by atoms with Crippen LogP contribution in [0.2, 0.25) is 0 Å². The molecule has 0 aromatic heterocycles. The smallest absolute Gasteiger partial charge is 0.128 e. The molecule has 1 aliphatic heterocycles. The normalized spacial score (nSPS) is 21.2. The SMILES string of the molecule is OCC(NCC1CCCO1)c1cc(F)ccc1F. The highest BCUT2D eigenvalue weighted by molar-refractivity contribution is 5.22. The second-order valence-corrected chi connectivity index (χ2v) is 4.44. The quantitative estimate of drug-likeness (QED) is 0.844. The highest BCUT2D eigenvalue weighted by Crippen LogP contribution is 2.19. The third kappa shape index (κ3) is 3.25. The highest BCUT2D eigenvalue weighted by atomic mass is 19.1. The van der Waals surface area contributed by atoms with Crippen molar-refractivity contribution < 1.29 is 18.6 Å². The highest BCUT2D eigenvalue weighted by Gasteiger charge is 2.20. The first-order valence-corrected chi connectivity index (χ1v) is 6.11. The lowest BCUT2D eigenvalue weighted by atomic mass is 10.1. The van der Waals surface area contributed by atoms with Crippen molar-refractivity contribution in [1.82, 2.24) is 5.32 Å². The van der Waals surface area contributed by atoms with Crippen molar-refractivity contribution in [2.75, 3.05) is 19.8 Å². The minimum Gasteiger partial charge on any atom is -0.394 e. The zero-order valence-electron chi connectivity index (χ0n) is 10.0. The molecule has 0 radical (unpaired) electrons. The van der Waals surface area contributed by atoms with Crippen molar-refractivity contribution >= 4 is 0 Å². The van der Waals surface area contributed by atoms with Gasteiger partial charge in [-0.15, -0.1) is 0 Å². The van der Waals surface area contributed by atoms with Crippen molar-refractivity contribution in [3.63, 3.8) is 0 Å². The Morgan fingerprint density at radius 3 is 2.94 bits per heavy atom. The fraction of sp³-hybridized carbons (Fsp3) is 0.538. The molecule has 1 heterocycles. The Labute approximate surface area is 105 Å². The fourth-order valence-electron chi connectivity index (χ4n) is 2.13. The van der Waals surface area contributed by atoms with Crippen LogP contribution in [0.3, 0.4) is 0 Å². The van der Waals surface area contributed by atoms with Crippen LogP contribution in [-0.4, -0.2) is 31.0 Å². The van der Waals surface area contributed by atoms with Crippen LogP contribution in [0, 0.1) is 11.6 Å². The van der Waals surface area contributed by atoms with Crippen molar-refractivity contribution in [3.8, 4) is 0 Å². The maximum Gasteiger partial charge on any atom is 0.128 e. The molecular weight excluding hydrogens is 240 g/mol. The summed E-state index contributed by atoms with van der Waals surface area (Å²) in [5.74, 6) is -1.03. The van der Waals surface area contributed by atoms with Gasteiger partial charge in [-0.05, 0) is 31.0 Å². The van der Waals surface area contributed by atoms with E-state index < -0.39 is 17.7 Å². The van der Waals surface area contributed by atoms with Gasteiger partial charge in [-0.3, -0.25) is 0 Å². The van der Waals surface area contributed by atoms with Crippen molar-refractivity contribution in [2.24, 2.45) is 0 Å². The minimum absolute atomic E-state index is 0.0932. The van der Waals surface area contributed by atoms with Crippen LogP contribution in [0.15, 0.2) is 18.2 Å². The van der Waals surface area contributed by atoms with Gasteiger partial charge in [0.1, 0.15) is 11.6 Å².